The van der Waals surface area contributed by atoms with Gasteiger partial charge in [0.05, 0.1) is 41.3 Å². The summed E-state index contributed by atoms with van der Waals surface area (Å²) in [6.07, 6.45) is 8.32. The van der Waals surface area contributed by atoms with E-state index in [0.29, 0.717) is 46.9 Å². The summed E-state index contributed by atoms with van der Waals surface area (Å²) < 4.78 is 3.33. The van der Waals surface area contributed by atoms with Gasteiger partial charge in [0.2, 0.25) is 5.91 Å². The second-order valence-electron chi connectivity index (χ2n) is 10.7. The van der Waals surface area contributed by atoms with E-state index in [9.17, 15) is 9.59 Å². The molecule has 0 saturated carbocycles. The number of halogens is 2. The molecule has 0 fully saturated rings. The maximum Gasteiger partial charge on any atom is 0.254 e. The smallest absolute Gasteiger partial charge is 0.254 e. The molecule has 42 heavy (non-hydrogen) atoms. The van der Waals surface area contributed by atoms with Gasteiger partial charge in [0.15, 0.2) is 0 Å². The van der Waals surface area contributed by atoms with Crippen molar-refractivity contribution in [3.63, 3.8) is 0 Å². The Bertz CT molecular complexity index is 1710. The number of aryl methyl sites for hydroxylation is 1. The van der Waals surface area contributed by atoms with Crippen LogP contribution in [0.3, 0.4) is 0 Å². The monoisotopic (exact) mass is 606 g/mol. The first-order valence-corrected chi connectivity index (χ1v) is 14.4. The molecule has 4 N–H and O–H groups in total. The highest BCUT2D eigenvalue weighted by atomic mass is 35.5. The van der Waals surface area contributed by atoms with Gasteiger partial charge in [-0.05, 0) is 49.1 Å². The van der Waals surface area contributed by atoms with Crippen LogP contribution in [-0.2, 0) is 11.8 Å². The first-order chi connectivity index (χ1) is 20.1. The highest BCUT2D eigenvalue weighted by Gasteiger charge is 2.27. The summed E-state index contributed by atoms with van der Waals surface area (Å²) in [5.74, 6) is -0.104. The molecule has 12 heteroatoms. The number of rotatable bonds is 5. The van der Waals surface area contributed by atoms with Gasteiger partial charge in [0.25, 0.3) is 5.56 Å². The van der Waals surface area contributed by atoms with Crippen molar-refractivity contribution in [1.82, 2.24) is 24.3 Å². The summed E-state index contributed by atoms with van der Waals surface area (Å²) in [4.78, 5) is 36.3. The van der Waals surface area contributed by atoms with Crippen LogP contribution < -0.4 is 21.9 Å². The first kappa shape index (κ1) is 29.3. The van der Waals surface area contributed by atoms with Crippen molar-refractivity contribution >= 4 is 40.5 Å². The minimum atomic E-state index is -0.401. The van der Waals surface area contributed by atoms with Crippen LogP contribution in [0, 0.1) is 11.8 Å². The van der Waals surface area contributed by atoms with Gasteiger partial charge in [0.1, 0.15) is 5.16 Å². The van der Waals surface area contributed by atoms with Gasteiger partial charge in [-0.1, -0.05) is 43.5 Å². The van der Waals surface area contributed by atoms with Gasteiger partial charge in [-0.25, -0.2) is 4.98 Å². The SMILES string of the molecule is CC(C)C1CCCC(n2cnc(-c3cc(Cl)ccc3N/C=C(\N)Cl)cc2=O)c2cc(ccn2)-c2c(cnn2C)NC1=O. The maximum absolute atomic E-state index is 13.7. The quantitative estimate of drug-likeness (QED) is 0.246. The molecule has 218 valence electrons. The molecular formula is C30H32Cl2N8O2. The zero-order valence-corrected chi connectivity index (χ0v) is 25.0. The van der Waals surface area contributed by atoms with Crippen molar-refractivity contribution in [3.05, 3.63) is 87.5 Å². The van der Waals surface area contributed by atoms with Crippen LogP contribution in [0.15, 0.2) is 71.3 Å². The average Bonchev–Trinajstić information content (AvgIpc) is 3.31. The minimum Gasteiger partial charge on any atom is -0.388 e. The van der Waals surface area contributed by atoms with E-state index in [0.717, 1.165) is 17.0 Å². The second-order valence-corrected chi connectivity index (χ2v) is 11.5. The molecule has 0 spiro atoms. The van der Waals surface area contributed by atoms with Gasteiger partial charge in [-0.2, -0.15) is 5.10 Å². The maximum atomic E-state index is 13.7. The summed E-state index contributed by atoms with van der Waals surface area (Å²) >= 11 is 12.1. The summed E-state index contributed by atoms with van der Waals surface area (Å²) in [6.45, 7) is 4.09. The predicted molar refractivity (Wildman–Crippen MR) is 166 cm³/mol. The number of anilines is 2. The van der Waals surface area contributed by atoms with Crippen LogP contribution in [0.25, 0.3) is 22.5 Å². The Labute approximate surface area is 253 Å². The summed E-state index contributed by atoms with van der Waals surface area (Å²) in [6, 6.07) is 10.1. The molecule has 4 heterocycles. The van der Waals surface area contributed by atoms with E-state index in [-0.39, 0.29) is 28.5 Å². The molecule has 2 unspecified atom stereocenters. The molecule has 0 aliphatic carbocycles. The molecule has 1 aromatic carbocycles. The predicted octanol–water partition coefficient (Wildman–Crippen LogP) is 5.75. The van der Waals surface area contributed by atoms with E-state index in [1.165, 1.54) is 12.3 Å². The Morgan fingerprint density at radius 1 is 1.17 bits per heavy atom. The van der Waals surface area contributed by atoms with Crippen molar-refractivity contribution in [2.75, 3.05) is 10.6 Å². The lowest BCUT2D eigenvalue weighted by molar-refractivity contribution is -0.121. The zero-order valence-electron chi connectivity index (χ0n) is 23.5. The van der Waals surface area contributed by atoms with E-state index in [2.05, 4.69) is 25.7 Å². The first-order valence-electron chi connectivity index (χ1n) is 13.7. The molecule has 3 aromatic heterocycles. The van der Waals surface area contributed by atoms with Crippen LogP contribution in [0.1, 0.15) is 44.8 Å². The largest absolute Gasteiger partial charge is 0.388 e. The van der Waals surface area contributed by atoms with Gasteiger partial charge in [-0.3, -0.25) is 23.8 Å². The van der Waals surface area contributed by atoms with E-state index >= 15 is 0 Å². The van der Waals surface area contributed by atoms with Gasteiger partial charge in [0, 0.05) is 53.3 Å². The lowest BCUT2D eigenvalue weighted by atomic mass is 9.88. The third kappa shape index (κ3) is 6.19. The van der Waals surface area contributed by atoms with Gasteiger partial charge >= 0.3 is 0 Å². The van der Waals surface area contributed by atoms with Crippen molar-refractivity contribution in [2.24, 2.45) is 24.6 Å². The molecule has 10 nitrogen and oxygen atoms in total. The number of benzene rings is 1. The summed E-state index contributed by atoms with van der Waals surface area (Å²) in [5, 5.41) is 11.1. The van der Waals surface area contributed by atoms with Crippen LogP contribution in [-0.4, -0.2) is 30.2 Å². The molecule has 1 amide bonds. The number of amides is 1. The molecule has 2 bridgehead atoms. The van der Waals surface area contributed by atoms with Gasteiger partial charge in [-0.15, -0.1) is 0 Å². The van der Waals surface area contributed by atoms with E-state index < -0.39 is 6.04 Å². The fraction of sp³-hybridized carbons (Fsp3) is 0.300. The lowest BCUT2D eigenvalue weighted by Crippen LogP contribution is -2.29. The zero-order chi connectivity index (χ0) is 30.0. The molecule has 4 aromatic rings. The van der Waals surface area contributed by atoms with Gasteiger partial charge < -0.3 is 16.4 Å². The molecule has 0 saturated heterocycles. The number of fused-ring (bicyclic) bond motifs is 4. The number of hydrogen-bond donors (Lipinski definition) is 3. The van der Waals surface area contributed by atoms with E-state index in [4.69, 9.17) is 28.9 Å². The fourth-order valence-corrected chi connectivity index (χ4v) is 5.62. The average molecular weight is 608 g/mol. The number of carbonyl (C=O) groups excluding carboxylic acids is 1. The third-order valence-corrected chi connectivity index (χ3v) is 7.87. The summed E-state index contributed by atoms with van der Waals surface area (Å²) in [5.41, 5.74) is 9.98. The lowest BCUT2D eigenvalue weighted by Gasteiger charge is -2.24. The Morgan fingerprint density at radius 3 is 2.71 bits per heavy atom. The number of nitrogens with one attached hydrogen (secondary N) is 2. The van der Waals surface area contributed by atoms with Crippen molar-refractivity contribution < 1.29 is 4.79 Å². The molecule has 1 aliphatic heterocycles. The number of pyridine rings is 1. The molecule has 5 rings (SSSR count). The van der Waals surface area contributed by atoms with E-state index in [1.54, 1.807) is 46.2 Å². The van der Waals surface area contributed by atoms with Crippen LogP contribution >= 0.6 is 23.2 Å². The van der Waals surface area contributed by atoms with Crippen molar-refractivity contribution in [1.29, 1.82) is 0 Å². The van der Waals surface area contributed by atoms with Crippen LogP contribution in [0.5, 0.6) is 0 Å². The number of nitrogens with two attached hydrogens (primary N) is 1. The standard InChI is InChI=1S/C30H32Cl2N8O2/c1-17(2)20-5-4-6-26(24-11-18(9-10-34-24)29-25(38-30(20)42)14-37-39(29)3)40-16-36-23(13-28(40)41)21-12-19(31)7-8-22(21)35-15-27(32)33/h7-17,20,26,35H,4-6,33H2,1-3H3,(H,38,42)/b27-15-. The van der Waals surface area contributed by atoms with Crippen LogP contribution in [0.2, 0.25) is 5.02 Å². The van der Waals surface area contributed by atoms with Crippen LogP contribution in [0.4, 0.5) is 11.4 Å². The Hall–Kier alpha value is -4.15. The molecular weight excluding hydrogens is 575 g/mol. The second kappa shape index (κ2) is 12.4. The number of carbonyl (C=O) groups is 1. The normalized spacial score (nSPS) is 17.7. The minimum absolute atomic E-state index is 0.0365. The Balaban J connectivity index is 1.59. The summed E-state index contributed by atoms with van der Waals surface area (Å²) in [7, 11) is 1.83. The number of aromatic nitrogens is 5. The Morgan fingerprint density at radius 2 is 1.98 bits per heavy atom. The third-order valence-electron chi connectivity index (χ3n) is 7.52. The number of hydrogen-bond acceptors (Lipinski definition) is 7. The number of nitrogens with zero attached hydrogens (tertiary/aromatic N) is 5. The van der Waals surface area contributed by atoms with Crippen molar-refractivity contribution in [3.8, 4) is 22.5 Å². The highest BCUT2D eigenvalue weighted by molar-refractivity contribution is 6.31. The Kier molecular flexibility index (Phi) is 8.65. The topological polar surface area (TPSA) is 133 Å². The molecule has 2 atom stereocenters. The molecule has 1 aliphatic rings. The van der Waals surface area contributed by atoms with E-state index in [1.807, 2.05) is 33.0 Å². The fourth-order valence-electron chi connectivity index (χ4n) is 5.39. The highest BCUT2D eigenvalue weighted by Crippen LogP contribution is 2.34. The van der Waals surface area contributed by atoms with Crippen molar-refractivity contribution in [2.45, 2.75) is 39.2 Å². The molecule has 0 radical (unpaired) electrons.